The van der Waals surface area contributed by atoms with Crippen molar-refractivity contribution in [3.05, 3.63) is 35.3 Å². The molecule has 0 aliphatic carbocycles. The molecular weight excluding hydrogens is 680 g/mol. The van der Waals surface area contributed by atoms with Gasteiger partial charge in [0.25, 0.3) is 5.56 Å². The second-order valence-electron chi connectivity index (χ2n) is 10.3. The molecule has 20 nitrogen and oxygen atoms in total. The zero-order valence-electron chi connectivity index (χ0n) is 22.5. The summed E-state index contributed by atoms with van der Waals surface area (Å²) >= 11 is 9.33. The highest BCUT2D eigenvalue weighted by atomic mass is 32.7. The topological polar surface area (TPSA) is 279 Å². The number of hydrogen-bond donors (Lipinski definition) is 7. The molecule has 242 valence electrons. The molecule has 8 N–H and O–H groups in total. The fraction of sp³-hybridized carbons (Fsp3) is 0.476. The number of nitrogens with zero attached hydrogens (tertiary/aromatic N) is 6. The standard InChI is InChI=1S/C21H25N9O11P2S2/c22-15-10-17(25-5-24-15)30(6-26-10)19-12(32)13-9(39-19)4-37-43(35,45)41-14-11(31)8(3-36-42(34,44)40-13)38-20(14)29-2-1-7-16(29)27-21(23)28-18(7)33/h1-2,5-6,8-9,11-14,19-20,31-32H,3-4H2,(H,34,44)(H,35,45)(H2,22,24,25)(H3,23,27,28,33)/t8-,9-,11?,12?,13+,14+,19-,20-,42?,43?/m1/s1. The molecule has 2 bridgehead atoms. The largest absolute Gasteiger partial charge is 0.387 e. The number of nitrogens with one attached hydrogen (secondary N) is 1. The number of aliphatic hydroxyl groups excluding tert-OH is 2. The Hall–Kier alpha value is -2.56. The third-order valence-corrected chi connectivity index (χ3v) is 10.6. The lowest BCUT2D eigenvalue weighted by Gasteiger charge is -2.27. The summed E-state index contributed by atoms with van der Waals surface area (Å²) in [4.78, 5) is 42.2. The van der Waals surface area contributed by atoms with Crippen LogP contribution in [0.4, 0.5) is 11.8 Å². The molecule has 7 rings (SSSR count). The fourth-order valence-electron chi connectivity index (χ4n) is 5.43. The molecule has 4 aromatic rings. The highest BCUT2D eigenvalue weighted by Crippen LogP contribution is 2.58. The van der Waals surface area contributed by atoms with Crippen LogP contribution in [0.25, 0.3) is 22.2 Å². The van der Waals surface area contributed by atoms with Crippen molar-refractivity contribution in [2.75, 3.05) is 24.7 Å². The lowest BCUT2D eigenvalue weighted by molar-refractivity contribution is -0.0593. The quantitative estimate of drug-likeness (QED) is 0.100. The first-order chi connectivity index (χ1) is 21.3. The van der Waals surface area contributed by atoms with Gasteiger partial charge in [-0.3, -0.25) is 27.9 Å². The molecule has 3 fully saturated rings. The molecule has 3 aliphatic rings. The van der Waals surface area contributed by atoms with Gasteiger partial charge in [-0.1, -0.05) is 12.2 Å². The van der Waals surface area contributed by atoms with Gasteiger partial charge in [0.1, 0.15) is 48.5 Å². The molecule has 10 atom stereocenters. The van der Waals surface area contributed by atoms with Crippen LogP contribution in [0.2, 0.25) is 0 Å². The first-order valence-corrected chi connectivity index (χ1v) is 18.4. The molecule has 0 spiro atoms. The van der Waals surface area contributed by atoms with E-state index in [0.717, 1.165) is 0 Å². The molecule has 0 amide bonds. The fourth-order valence-corrected chi connectivity index (χ4v) is 8.34. The molecule has 45 heavy (non-hydrogen) atoms. The van der Waals surface area contributed by atoms with Crippen molar-refractivity contribution in [1.29, 1.82) is 0 Å². The van der Waals surface area contributed by atoms with Crippen LogP contribution in [0.15, 0.2) is 29.7 Å². The number of imidazole rings is 1. The van der Waals surface area contributed by atoms with Crippen molar-refractivity contribution >= 4 is 71.5 Å². The van der Waals surface area contributed by atoms with Gasteiger partial charge in [-0.2, -0.15) is 4.98 Å². The van der Waals surface area contributed by atoms with Crippen molar-refractivity contribution < 1.29 is 47.2 Å². The minimum absolute atomic E-state index is 0.0846. The van der Waals surface area contributed by atoms with Gasteiger partial charge in [0.2, 0.25) is 5.95 Å². The average Bonchev–Trinajstić information content (AvgIpc) is 3.72. The number of aromatic nitrogens is 7. The van der Waals surface area contributed by atoms with E-state index in [0.29, 0.717) is 0 Å². The third-order valence-electron chi connectivity index (χ3n) is 7.47. The summed E-state index contributed by atoms with van der Waals surface area (Å²) in [6, 6.07) is 1.44. The van der Waals surface area contributed by atoms with Gasteiger partial charge in [0.05, 0.1) is 24.9 Å². The summed E-state index contributed by atoms with van der Waals surface area (Å²) in [7, 11) is 0. The van der Waals surface area contributed by atoms with E-state index in [4.69, 9.17) is 50.8 Å². The molecule has 7 heterocycles. The summed E-state index contributed by atoms with van der Waals surface area (Å²) in [6.07, 6.45) is -6.82. The minimum Gasteiger partial charge on any atom is -0.387 e. The van der Waals surface area contributed by atoms with Crippen LogP contribution in [0.3, 0.4) is 0 Å². The number of aromatic amines is 1. The van der Waals surface area contributed by atoms with E-state index in [2.05, 4.69) is 37.2 Å². The summed E-state index contributed by atoms with van der Waals surface area (Å²) in [5.41, 5.74) is 11.6. The van der Waals surface area contributed by atoms with Gasteiger partial charge in [-0.05, 0) is 17.9 Å². The predicted octanol–water partition coefficient (Wildman–Crippen LogP) is -0.683. The van der Waals surface area contributed by atoms with Crippen LogP contribution in [0, 0.1) is 0 Å². The minimum atomic E-state index is -4.31. The van der Waals surface area contributed by atoms with E-state index in [1.54, 1.807) is 0 Å². The Kier molecular flexibility index (Phi) is 7.80. The second kappa shape index (κ2) is 11.3. The second-order valence-corrected chi connectivity index (χ2v) is 15.9. The Labute approximate surface area is 261 Å². The number of aliphatic hydroxyl groups is 2. The number of ether oxygens (including phenoxy) is 2. The number of rotatable bonds is 2. The predicted molar refractivity (Wildman–Crippen MR) is 159 cm³/mol. The molecule has 3 saturated heterocycles. The van der Waals surface area contributed by atoms with Crippen molar-refractivity contribution in [3.63, 3.8) is 0 Å². The van der Waals surface area contributed by atoms with Crippen molar-refractivity contribution in [3.8, 4) is 0 Å². The first-order valence-electron chi connectivity index (χ1n) is 13.1. The van der Waals surface area contributed by atoms with E-state index >= 15 is 0 Å². The van der Waals surface area contributed by atoms with Gasteiger partial charge in [-0.25, -0.2) is 19.5 Å². The number of hydrogen-bond acceptors (Lipinski definition) is 17. The summed E-state index contributed by atoms with van der Waals surface area (Å²) < 4.78 is 50.6. The highest BCUT2D eigenvalue weighted by molar-refractivity contribution is 8.44. The summed E-state index contributed by atoms with van der Waals surface area (Å²) in [5, 5.41) is 22.6. The highest BCUT2D eigenvalue weighted by Gasteiger charge is 2.52. The maximum absolute atomic E-state index is 13.4. The van der Waals surface area contributed by atoms with Crippen molar-refractivity contribution in [2.24, 2.45) is 0 Å². The number of anilines is 2. The number of fused-ring (bicyclic) bond motifs is 5. The Morgan fingerprint density at radius 3 is 2.56 bits per heavy atom. The lowest BCUT2D eigenvalue weighted by atomic mass is 10.1. The maximum Gasteiger partial charge on any atom is 0.386 e. The molecule has 0 saturated carbocycles. The first kappa shape index (κ1) is 31.1. The Morgan fingerprint density at radius 1 is 1.00 bits per heavy atom. The molecule has 0 radical (unpaired) electrons. The van der Waals surface area contributed by atoms with Crippen LogP contribution in [0.5, 0.6) is 0 Å². The molecule has 4 aromatic heterocycles. The van der Waals surface area contributed by atoms with Gasteiger partial charge >= 0.3 is 13.5 Å². The van der Waals surface area contributed by atoms with E-state index in [-0.39, 0.29) is 34.0 Å². The van der Waals surface area contributed by atoms with Crippen LogP contribution in [0.1, 0.15) is 12.5 Å². The molecule has 3 aliphatic heterocycles. The Morgan fingerprint density at radius 2 is 1.76 bits per heavy atom. The number of nitrogens with two attached hydrogens (primary N) is 2. The summed E-state index contributed by atoms with van der Waals surface area (Å²) in [5.74, 6) is -0.0865. The maximum atomic E-state index is 13.4. The van der Waals surface area contributed by atoms with E-state index in [9.17, 15) is 24.5 Å². The van der Waals surface area contributed by atoms with Gasteiger partial charge in [0.15, 0.2) is 29.6 Å². The van der Waals surface area contributed by atoms with Crippen LogP contribution >= 0.6 is 25.8 Å². The number of H-pyrrole nitrogens is 1. The van der Waals surface area contributed by atoms with Gasteiger partial charge < -0.3 is 45.1 Å². The zero-order chi connectivity index (χ0) is 31.8. The molecule has 0 aromatic carbocycles. The number of nitrogen functional groups attached to an aromatic ring is 2. The van der Waals surface area contributed by atoms with Crippen molar-refractivity contribution in [1.82, 2.24) is 34.1 Å². The lowest BCUT2D eigenvalue weighted by Crippen LogP contribution is -2.36. The Balaban J connectivity index is 1.21. The van der Waals surface area contributed by atoms with E-state index in [1.165, 1.54) is 34.1 Å². The third kappa shape index (κ3) is 5.58. The molecular formula is C21H25N9O11P2S2. The van der Waals surface area contributed by atoms with Crippen LogP contribution in [-0.4, -0.2) is 99.0 Å². The average molecular weight is 706 g/mol. The smallest absolute Gasteiger partial charge is 0.386 e. The van der Waals surface area contributed by atoms with Crippen LogP contribution in [-0.2, 0) is 43.9 Å². The zero-order valence-corrected chi connectivity index (χ0v) is 26.0. The van der Waals surface area contributed by atoms with E-state index < -0.39 is 81.4 Å². The summed E-state index contributed by atoms with van der Waals surface area (Å²) in [6.45, 7) is -9.62. The normalized spacial score (nSPS) is 37.7. The van der Waals surface area contributed by atoms with Crippen LogP contribution < -0.4 is 17.0 Å². The monoisotopic (exact) mass is 705 g/mol. The Bertz CT molecular complexity index is 1940. The molecule has 4 unspecified atom stereocenters. The SMILES string of the molecule is Nc1nc2c(ccn2[C@@H]2O[C@@H]3COP(=O)(S)O[C@@H]4C(O)[C@H](n5cnc6c(N)ncnc65)O[C@@H]4COP(O)(=S)O[C@H]2C3O)c(=O)[nH]1. The van der Waals surface area contributed by atoms with Gasteiger partial charge in [-0.15, -0.1) is 0 Å². The van der Waals surface area contributed by atoms with Crippen molar-refractivity contribution in [2.45, 2.75) is 49.1 Å². The van der Waals surface area contributed by atoms with Gasteiger partial charge in [0, 0.05) is 6.20 Å². The van der Waals surface area contributed by atoms with E-state index in [1.807, 2.05) is 0 Å². The number of thiol groups is 1. The molecule has 24 heteroatoms.